The molecule has 3 heteroatoms. The van der Waals surface area contributed by atoms with Crippen LogP contribution in [0.2, 0.25) is 0 Å². The molecular weight excluding hydrogens is 248 g/mol. The Morgan fingerprint density at radius 2 is 1.90 bits per heavy atom. The molecule has 0 spiro atoms. The monoisotopic (exact) mass is 270 g/mol. The number of ether oxygens (including phenoxy) is 1. The van der Waals surface area contributed by atoms with Crippen molar-refractivity contribution in [1.29, 1.82) is 0 Å². The predicted octanol–water partition coefficient (Wildman–Crippen LogP) is 3.73. The molecule has 0 bridgehead atoms. The van der Waals surface area contributed by atoms with Crippen LogP contribution in [0.3, 0.4) is 0 Å². The van der Waals surface area contributed by atoms with E-state index in [0.29, 0.717) is 13.2 Å². The number of aryl methyl sites for hydroxylation is 1. The van der Waals surface area contributed by atoms with E-state index in [2.05, 4.69) is 37.2 Å². The van der Waals surface area contributed by atoms with E-state index >= 15 is 0 Å². The van der Waals surface area contributed by atoms with Crippen molar-refractivity contribution in [2.45, 2.75) is 27.7 Å². The van der Waals surface area contributed by atoms with Crippen molar-refractivity contribution < 1.29 is 4.74 Å². The lowest BCUT2D eigenvalue weighted by Crippen LogP contribution is -2.05. The Kier molecular flexibility index (Phi) is 4.74. The number of rotatable bonds is 5. The highest BCUT2D eigenvalue weighted by Crippen LogP contribution is 2.21. The molecule has 0 saturated carbocycles. The van der Waals surface area contributed by atoms with Crippen LogP contribution in [0.4, 0.5) is 0 Å². The molecule has 0 saturated heterocycles. The van der Waals surface area contributed by atoms with Gasteiger partial charge in [0.2, 0.25) is 0 Å². The van der Waals surface area contributed by atoms with Crippen molar-refractivity contribution in [3.05, 3.63) is 58.9 Å². The van der Waals surface area contributed by atoms with Gasteiger partial charge in [0.05, 0.1) is 18.0 Å². The first-order valence-corrected chi connectivity index (χ1v) is 7.01. The van der Waals surface area contributed by atoms with E-state index < -0.39 is 0 Å². The van der Waals surface area contributed by atoms with Crippen LogP contribution in [0.25, 0.3) is 5.70 Å². The summed E-state index contributed by atoms with van der Waals surface area (Å²) in [6, 6.07) is 10.3. The summed E-state index contributed by atoms with van der Waals surface area (Å²) < 4.78 is 7.48. The zero-order chi connectivity index (χ0) is 14.5. The summed E-state index contributed by atoms with van der Waals surface area (Å²) in [4.78, 5) is 0. The Morgan fingerprint density at radius 1 is 1.20 bits per heavy atom. The second kappa shape index (κ2) is 6.53. The number of hydrogen-bond acceptors (Lipinski definition) is 2. The van der Waals surface area contributed by atoms with E-state index in [1.54, 1.807) is 0 Å². The maximum Gasteiger partial charge on any atom is 0.0704 e. The standard InChI is InChI=1S/C17H22N2O/c1-5-20-12-11-17(16-9-7-6-8-10-16)19-15(4)13(2)14(3)18-19/h6-11H,5,12H2,1-4H3/b17-11-. The molecule has 2 aromatic rings. The van der Waals surface area contributed by atoms with Gasteiger partial charge in [-0.3, -0.25) is 0 Å². The largest absolute Gasteiger partial charge is 0.378 e. The fourth-order valence-corrected chi connectivity index (χ4v) is 2.15. The van der Waals surface area contributed by atoms with Gasteiger partial charge in [0.1, 0.15) is 0 Å². The molecule has 0 amide bonds. The Morgan fingerprint density at radius 3 is 2.45 bits per heavy atom. The Hall–Kier alpha value is -1.87. The van der Waals surface area contributed by atoms with Crippen LogP contribution in [-0.2, 0) is 4.74 Å². The number of hydrogen-bond donors (Lipinski definition) is 0. The fraction of sp³-hybridized carbons (Fsp3) is 0.353. The molecule has 0 aliphatic carbocycles. The number of benzene rings is 1. The van der Waals surface area contributed by atoms with Gasteiger partial charge in [-0.2, -0.15) is 5.10 Å². The molecule has 0 aliphatic rings. The second-order valence-corrected chi connectivity index (χ2v) is 4.82. The van der Waals surface area contributed by atoms with Gasteiger partial charge in [-0.05, 0) is 44.9 Å². The summed E-state index contributed by atoms with van der Waals surface area (Å²) >= 11 is 0. The molecule has 2 rings (SSSR count). The molecule has 0 unspecified atom stereocenters. The van der Waals surface area contributed by atoms with Crippen molar-refractivity contribution in [3.8, 4) is 0 Å². The van der Waals surface area contributed by atoms with Gasteiger partial charge < -0.3 is 4.74 Å². The van der Waals surface area contributed by atoms with Gasteiger partial charge in [0, 0.05) is 12.3 Å². The van der Waals surface area contributed by atoms with E-state index in [1.165, 1.54) is 11.3 Å². The van der Waals surface area contributed by atoms with E-state index in [4.69, 9.17) is 4.74 Å². The third kappa shape index (κ3) is 2.99. The zero-order valence-corrected chi connectivity index (χ0v) is 12.7. The first-order chi connectivity index (χ1) is 9.65. The smallest absolute Gasteiger partial charge is 0.0704 e. The molecule has 1 heterocycles. The molecule has 0 fully saturated rings. The van der Waals surface area contributed by atoms with Crippen molar-refractivity contribution in [3.63, 3.8) is 0 Å². The van der Waals surface area contributed by atoms with E-state index in [0.717, 1.165) is 17.0 Å². The molecule has 0 N–H and O–H groups in total. The fourth-order valence-electron chi connectivity index (χ4n) is 2.15. The normalized spacial score (nSPS) is 11.9. The van der Waals surface area contributed by atoms with Crippen LogP contribution >= 0.6 is 0 Å². The maximum atomic E-state index is 5.47. The second-order valence-electron chi connectivity index (χ2n) is 4.82. The molecule has 1 aromatic carbocycles. The molecule has 0 radical (unpaired) electrons. The summed E-state index contributed by atoms with van der Waals surface area (Å²) in [6.45, 7) is 9.58. The highest BCUT2D eigenvalue weighted by molar-refractivity contribution is 5.66. The molecular formula is C17H22N2O. The lowest BCUT2D eigenvalue weighted by atomic mass is 10.1. The predicted molar refractivity (Wildman–Crippen MR) is 82.7 cm³/mol. The maximum absolute atomic E-state index is 5.47. The summed E-state index contributed by atoms with van der Waals surface area (Å²) in [5.74, 6) is 0. The van der Waals surface area contributed by atoms with E-state index in [-0.39, 0.29) is 0 Å². The summed E-state index contributed by atoms with van der Waals surface area (Å²) in [5.41, 5.74) is 5.71. The molecule has 0 aliphatic heterocycles. The Labute approximate surface area is 120 Å². The SMILES string of the molecule is CCOC/C=C(/c1ccccc1)n1nc(C)c(C)c1C. The van der Waals surface area contributed by atoms with Gasteiger partial charge in [-0.25, -0.2) is 4.68 Å². The summed E-state index contributed by atoms with van der Waals surface area (Å²) in [7, 11) is 0. The van der Waals surface area contributed by atoms with E-state index in [9.17, 15) is 0 Å². The first kappa shape index (κ1) is 14.5. The van der Waals surface area contributed by atoms with Gasteiger partial charge in [-0.1, -0.05) is 30.3 Å². The third-order valence-electron chi connectivity index (χ3n) is 3.55. The lowest BCUT2D eigenvalue weighted by Gasteiger charge is -2.11. The number of nitrogens with zero attached hydrogens (tertiary/aromatic N) is 2. The lowest BCUT2D eigenvalue weighted by molar-refractivity contribution is 0.177. The van der Waals surface area contributed by atoms with Gasteiger partial charge in [-0.15, -0.1) is 0 Å². The molecule has 1 aromatic heterocycles. The third-order valence-corrected chi connectivity index (χ3v) is 3.55. The highest BCUT2D eigenvalue weighted by Gasteiger charge is 2.12. The van der Waals surface area contributed by atoms with Crippen LogP contribution in [-0.4, -0.2) is 23.0 Å². The van der Waals surface area contributed by atoms with Gasteiger partial charge >= 0.3 is 0 Å². The van der Waals surface area contributed by atoms with Gasteiger partial charge in [0.15, 0.2) is 0 Å². The quantitative estimate of drug-likeness (QED) is 0.774. The van der Waals surface area contributed by atoms with Crippen LogP contribution in [0.5, 0.6) is 0 Å². The average Bonchev–Trinajstić information content (AvgIpc) is 2.72. The Balaban J connectivity index is 2.46. The summed E-state index contributed by atoms with van der Waals surface area (Å²) in [5, 5.41) is 4.66. The van der Waals surface area contributed by atoms with Crippen LogP contribution < -0.4 is 0 Å². The number of aromatic nitrogens is 2. The van der Waals surface area contributed by atoms with Crippen molar-refractivity contribution in [2.75, 3.05) is 13.2 Å². The Bertz CT molecular complexity index is 597. The molecule has 20 heavy (non-hydrogen) atoms. The minimum Gasteiger partial charge on any atom is -0.378 e. The van der Waals surface area contributed by atoms with Crippen LogP contribution in [0, 0.1) is 20.8 Å². The zero-order valence-electron chi connectivity index (χ0n) is 12.7. The minimum atomic E-state index is 0.595. The highest BCUT2D eigenvalue weighted by atomic mass is 16.5. The summed E-state index contributed by atoms with van der Waals surface area (Å²) in [6.07, 6.45) is 2.09. The van der Waals surface area contributed by atoms with Crippen molar-refractivity contribution in [1.82, 2.24) is 9.78 Å². The molecule has 106 valence electrons. The van der Waals surface area contributed by atoms with E-state index in [1.807, 2.05) is 36.7 Å². The van der Waals surface area contributed by atoms with Gasteiger partial charge in [0.25, 0.3) is 0 Å². The van der Waals surface area contributed by atoms with Crippen LogP contribution in [0.15, 0.2) is 36.4 Å². The molecule has 0 atom stereocenters. The minimum absolute atomic E-state index is 0.595. The average molecular weight is 270 g/mol. The topological polar surface area (TPSA) is 27.1 Å². The van der Waals surface area contributed by atoms with Crippen molar-refractivity contribution in [2.24, 2.45) is 0 Å². The van der Waals surface area contributed by atoms with Crippen molar-refractivity contribution >= 4 is 5.70 Å². The first-order valence-electron chi connectivity index (χ1n) is 7.01. The molecule has 3 nitrogen and oxygen atoms in total. The van der Waals surface area contributed by atoms with Crippen LogP contribution in [0.1, 0.15) is 29.4 Å².